The Hall–Kier alpha value is -2.32. The molecule has 0 atom stereocenters. The highest BCUT2D eigenvalue weighted by Gasteiger charge is 2.21. The van der Waals surface area contributed by atoms with E-state index in [0.29, 0.717) is 43.9 Å². The highest BCUT2D eigenvalue weighted by Crippen LogP contribution is 2.30. The Kier molecular flexibility index (Phi) is 5.40. The number of amides is 1. The van der Waals surface area contributed by atoms with Crippen LogP contribution >= 0.6 is 11.8 Å². The lowest BCUT2D eigenvalue weighted by molar-refractivity contribution is -0.109. The number of nitrogens with one attached hydrogen (secondary N) is 1. The van der Waals surface area contributed by atoms with Crippen LogP contribution in [0.1, 0.15) is 15.9 Å². The summed E-state index contributed by atoms with van der Waals surface area (Å²) >= 11 is 1.56. The number of carboxylic acids is 1. The summed E-state index contributed by atoms with van der Waals surface area (Å²) < 4.78 is 7.25. The van der Waals surface area contributed by atoms with Crippen LogP contribution in [-0.4, -0.2) is 47.6 Å². The molecule has 1 aliphatic rings. The van der Waals surface area contributed by atoms with Crippen molar-refractivity contribution in [3.8, 4) is 0 Å². The third kappa shape index (κ3) is 3.69. The molecule has 0 saturated heterocycles. The topological polar surface area (TPSA) is 97.6 Å². The molecule has 7 nitrogen and oxygen atoms in total. The van der Waals surface area contributed by atoms with Crippen molar-refractivity contribution in [2.45, 2.75) is 17.9 Å². The molecule has 3 rings (SSSR count). The molecule has 8 heteroatoms. The Bertz CT molecular complexity index is 877. The quantitative estimate of drug-likeness (QED) is 0.394. The molecule has 0 radical (unpaired) electrons. The van der Waals surface area contributed by atoms with Crippen molar-refractivity contribution in [2.75, 3.05) is 25.5 Å². The number of aromatic nitrogens is 1. The van der Waals surface area contributed by atoms with E-state index in [1.165, 1.54) is 6.20 Å². The number of benzene rings is 1. The van der Waals surface area contributed by atoms with Crippen LogP contribution < -0.4 is 10.7 Å². The number of hydrogen-bond donors (Lipinski definition) is 2. The van der Waals surface area contributed by atoms with Gasteiger partial charge in [0.2, 0.25) is 11.8 Å². The van der Waals surface area contributed by atoms with Crippen LogP contribution in [0, 0.1) is 0 Å². The van der Waals surface area contributed by atoms with Gasteiger partial charge in [-0.3, -0.25) is 9.59 Å². The first-order chi connectivity index (χ1) is 12.1. The normalized spacial score (nSPS) is 12.5. The van der Waals surface area contributed by atoms with E-state index >= 15 is 0 Å². The number of thioether (sulfide) groups is 1. The number of rotatable bonds is 9. The lowest BCUT2D eigenvalue weighted by atomic mass is 10.1. The van der Waals surface area contributed by atoms with Crippen molar-refractivity contribution >= 4 is 35.0 Å². The van der Waals surface area contributed by atoms with Crippen molar-refractivity contribution in [3.63, 3.8) is 0 Å². The second-order valence-electron chi connectivity index (χ2n) is 5.63. The van der Waals surface area contributed by atoms with Gasteiger partial charge in [0.1, 0.15) is 5.56 Å². The molecule has 132 valence electrons. The van der Waals surface area contributed by atoms with Gasteiger partial charge in [0, 0.05) is 35.3 Å². The average molecular weight is 362 g/mol. The third-order valence-corrected chi connectivity index (χ3v) is 4.99. The number of pyridine rings is 1. The number of carboxylic acid groups (broad SMARTS) is 1. The van der Waals surface area contributed by atoms with Crippen molar-refractivity contribution in [2.24, 2.45) is 0 Å². The molecule has 1 amide bonds. The fourth-order valence-corrected chi connectivity index (χ4v) is 3.82. The summed E-state index contributed by atoms with van der Waals surface area (Å²) in [5, 5.41) is 12.2. The van der Waals surface area contributed by atoms with Gasteiger partial charge in [-0.15, -0.1) is 11.8 Å². The van der Waals surface area contributed by atoms with Gasteiger partial charge in [0.25, 0.3) is 0 Å². The van der Waals surface area contributed by atoms with Crippen LogP contribution in [0.15, 0.2) is 28.0 Å². The van der Waals surface area contributed by atoms with Gasteiger partial charge in [0.05, 0.1) is 18.7 Å². The summed E-state index contributed by atoms with van der Waals surface area (Å²) in [4.78, 5) is 34.8. The van der Waals surface area contributed by atoms with E-state index in [9.17, 15) is 19.5 Å². The van der Waals surface area contributed by atoms with Crippen molar-refractivity contribution in [1.29, 1.82) is 0 Å². The molecule has 0 aliphatic carbocycles. The maximum Gasteiger partial charge on any atom is 0.341 e. The molecule has 0 spiro atoms. The highest BCUT2D eigenvalue weighted by molar-refractivity contribution is 7.99. The summed E-state index contributed by atoms with van der Waals surface area (Å²) in [6, 6.07) is 3.83. The Morgan fingerprint density at radius 1 is 1.40 bits per heavy atom. The minimum Gasteiger partial charge on any atom is -0.477 e. The Morgan fingerprint density at radius 3 is 3.00 bits per heavy atom. The van der Waals surface area contributed by atoms with E-state index in [1.54, 1.807) is 17.8 Å². The number of hydrogen-bond acceptors (Lipinski definition) is 5. The Balaban J connectivity index is 1.76. The van der Waals surface area contributed by atoms with Gasteiger partial charge in [0.15, 0.2) is 0 Å². The van der Waals surface area contributed by atoms with Crippen molar-refractivity contribution < 1.29 is 19.4 Å². The van der Waals surface area contributed by atoms with Gasteiger partial charge in [-0.2, -0.15) is 0 Å². The van der Waals surface area contributed by atoms with E-state index in [4.69, 9.17) is 4.74 Å². The molecule has 1 aliphatic heterocycles. The van der Waals surface area contributed by atoms with Gasteiger partial charge < -0.3 is 19.7 Å². The zero-order chi connectivity index (χ0) is 17.8. The molecule has 1 aromatic heterocycles. The average Bonchev–Trinajstić information content (AvgIpc) is 3.00. The molecule has 0 bridgehead atoms. The molecule has 2 aromatic rings. The fraction of sp³-hybridized carbons (Fsp3) is 0.353. The van der Waals surface area contributed by atoms with Crippen LogP contribution in [0.3, 0.4) is 0 Å². The molecule has 1 aromatic carbocycles. The number of ether oxygens (including phenoxy) is 1. The SMILES string of the molecule is O=CNCCOCCSc1cc2c3c(c1)c(=O)c(C(=O)O)cn3CC2. The lowest BCUT2D eigenvalue weighted by Gasteiger charge is -2.09. The number of aryl methyl sites for hydroxylation is 2. The van der Waals surface area contributed by atoms with Crippen molar-refractivity contribution in [3.05, 3.63) is 39.7 Å². The largest absolute Gasteiger partial charge is 0.477 e. The fourth-order valence-electron chi connectivity index (χ4n) is 2.96. The molecule has 2 N–H and O–H groups in total. The summed E-state index contributed by atoms with van der Waals surface area (Å²) in [5.41, 5.74) is 1.30. The summed E-state index contributed by atoms with van der Waals surface area (Å²) in [5.74, 6) is -0.488. The van der Waals surface area contributed by atoms with Crippen LogP contribution in [-0.2, 0) is 22.5 Å². The monoisotopic (exact) mass is 362 g/mol. The number of carbonyl (C=O) groups excluding carboxylic acids is 1. The Labute approximate surface area is 148 Å². The molecule has 0 saturated carbocycles. The van der Waals surface area contributed by atoms with E-state index in [2.05, 4.69) is 11.4 Å². The number of aromatic carboxylic acids is 1. The zero-order valence-corrected chi connectivity index (χ0v) is 14.3. The number of carbonyl (C=O) groups is 2. The minimum atomic E-state index is -1.19. The third-order valence-electron chi connectivity index (χ3n) is 4.05. The van der Waals surface area contributed by atoms with E-state index in [0.717, 1.165) is 22.4 Å². The molecule has 2 heterocycles. The second kappa shape index (κ2) is 7.71. The highest BCUT2D eigenvalue weighted by atomic mass is 32.2. The summed E-state index contributed by atoms with van der Waals surface area (Å²) in [6.07, 6.45) is 2.87. The minimum absolute atomic E-state index is 0.187. The van der Waals surface area contributed by atoms with Gasteiger partial charge in [-0.05, 0) is 24.1 Å². The first kappa shape index (κ1) is 17.5. The Morgan fingerprint density at radius 2 is 2.24 bits per heavy atom. The predicted molar refractivity (Wildman–Crippen MR) is 94.5 cm³/mol. The predicted octanol–water partition coefficient (Wildman–Crippen LogP) is 1.11. The van der Waals surface area contributed by atoms with Gasteiger partial charge in [-0.25, -0.2) is 4.79 Å². The van der Waals surface area contributed by atoms with Crippen LogP contribution in [0.5, 0.6) is 0 Å². The number of nitrogens with zero attached hydrogens (tertiary/aromatic N) is 1. The smallest absolute Gasteiger partial charge is 0.341 e. The first-order valence-corrected chi connectivity index (χ1v) is 8.91. The van der Waals surface area contributed by atoms with E-state index in [-0.39, 0.29) is 5.56 Å². The van der Waals surface area contributed by atoms with Gasteiger partial charge >= 0.3 is 5.97 Å². The summed E-state index contributed by atoms with van der Waals surface area (Å²) in [7, 11) is 0. The standard InChI is InChI=1S/C17H18N2O5S/c20-10-18-2-4-24-5-6-25-12-7-11-1-3-19-9-14(17(22)23)16(21)13(8-12)15(11)19/h7-10H,1-6H2,(H,18,20)(H,22,23). The second-order valence-corrected chi connectivity index (χ2v) is 6.80. The van der Waals surface area contributed by atoms with Crippen LogP contribution in [0.4, 0.5) is 0 Å². The molecule has 0 unspecified atom stereocenters. The van der Waals surface area contributed by atoms with Crippen molar-refractivity contribution in [1.82, 2.24) is 9.88 Å². The molecule has 25 heavy (non-hydrogen) atoms. The van der Waals surface area contributed by atoms with E-state index in [1.807, 2.05) is 4.57 Å². The van der Waals surface area contributed by atoms with Crippen LogP contribution in [0.25, 0.3) is 10.9 Å². The summed E-state index contributed by atoms with van der Waals surface area (Å²) in [6.45, 7) is 2.14. The maximum atomic E-state index is 12.5. The maximum absolute atomic E-state index is 12.5. The molecular weight excluding hydrogens is 344 g/mol. The van der Waals surface area contributed by atoms with Gasteiger partial charge in [-0.1, -0.05) is 0 Å². The molecular formula is C17H18N2O5S. The zero-order valence-electron chi connectivity index (χ0n) is 13.5. The van der Waals surface area contributed by atoms with E-state index < -0.39 is 11.4 Å². The lowest BCUT2D eigenvalue weighted by Crippen LogP contribution is -2.18. The van der Waals surface area contributed by atoms with Crippen LogP contribution in [0.2, 0.25) is 0 Å². The molecule has 0 fully saturated rings. The first-order valence-electron chi connectivity index (χ1n) is 7.92.